The monoisotopic (exact) mass is 1860 g/mol. The molecule has 0 spiro atoms. The Morgan fingerprint density at radius 3 is 1.10 bits per heavy atom. The largest absolute Gasteiger partial charge is 0.318 e. The lowest BCUT2D eigenvalue weighted by Gasteiger charge is -2.28. The van der Waals surface area contributed by atoms with Crippen LogP contribution in [0, 0.1) is 6.57 Å². The van der Waals surface area contributed by atoms with E-state index in [4.69, 9.17) is 21.5 Å². The summed E-state index contributed by atoms with van der Waals surface area (Å²) in [6.45, 7) is 7.47. The zero-order valence-electron chi connectivity index (χ0n) is 78.3. The van der Waals surface area contributed by atoms with E-state index in [1.807, 2.05) is 55.0 Å². The maximum atomic E-state index is 7.47. The molecule has 2 atom stereocenters. The molecule has 13 nitrogen and oxygen atoms in total. The van der Waals surface area contributed by atoms with Gasteiger partial charge in [-0.3, -0.25) is 9.55 Å². The number of benzene rings is 20. The third-order valence-corrected chi connectivity index (χ3v) is 32.0. The minimum absolute atomic E-state index is 0.216. The molecule has 0 fully saturated rings. The van der Waals surface area contributed by atoms with Crippen molar-refractivity contribution in [1.29, 1.82) is 0 Å². The highest BCUT2D eigenvalue weighted by Crippen LogP contribution is 2.54. The normalized spacial score (nSPS) is 14.0. The lowest BCUT2D eigenvalue weighted by molar-refractivity contribution is 0.743. The molecule has 2 aliphatic rings. The van der Waals surface area contributed by atoms with Gasteiger partial charge >= 0.3 is 0 Å². The molecule has 0 saturated carbocycles. The first-order valence-electron chi connectivity index (χ1n) is 49.9. The average molecular weight is 1860 g/mol. The van der Waals surface area contributed by atoms with Crippen molar-refractivity contribution in [3.63, 3.8) is 0 Å². The van der Waals surface area contributed by atoms with Crippen molar-refractivity contribution in [2.24, 2.45) is 0 Å². The quantitative estimate of drug-likeness (QED) is 0.155. The van der Waals surface area contributed by atoms with Gasteiger partial charge in [0.15, 0.2) is 5.69 Å². The zero-order chi connectivity index (χ0) is 95.1. The molecule has 13 aromatic heterocycles. The van der Waals surface area contributed by atoms with E-state index in [1.54, 1.807) is 0 Å². The fraction of sp³-hybridized carbons (Fsp3) is 0.0150. The molecule has 1 aliphatic heterocycles. The van der Waals surface area contributed by atoms with Crippen LogP contribution < -0.4 is 4.90 Å². The Balaban J connectivity index is 0.0000000958. The van der Waals surface area contributed by atoms with E-state index in [0.29, 0.717) is 17.6 Å². The molecule has 0 radical (unpaired) electrons. The number of para-hydroxylation sites is 8. The number of aromatic nitrogens is 11. The van der Waals surface area contributed by atoms with Crippen molar-refractivity contribution in [2.75, 3.05) is 4.90 Å². The summed E-state index contributed by atoms with van der Waals surface area (Å²) in [6.07, 6.45) is 14.7. The fourth-order valence-corrected chi connectivity index (χ4v) is 25.9. The maximum Gasteiger partial charge on any atom is 0.235 e. The summed E-state index contributed by atoms with van der Waals surface area (Å²) in [5, 5.41) is 33.5. The van der Waals surface area contributed by atoms with Crippen LogP contribution in [0.3, 0.4) is 0 Å². The molecular weight excluding hydrogens is 1780 g/mol. The summed E-state index contributed by atoms with van der Waals surface area (Å²) in [6, 6.07) is 150. The highest BCUT2D eigenvalue weighted by atomic mass is 15.2. The molecule has 33 aromatic rings. The van der Waals surface area contributed by atoms with Gasteiger partial charge in [-0.2, -0.15) is 0 Å². The van der Waals surface area contributed by atoms with Crippen molar-refractivity contribution < 1.29 is 0 Å². The van der Waals surface area contributed by atoms with E-state index in [0.717, 1.165) is 67.3 Å². The summed E-state index contributed by atoms with van der Waals surface area (Å²) in [4.78, 5) is 26.1. The second kappa shape index (κ2) is 29.6. The van der Waals surface area contributed by atoms with Gasteiger partial charge in [0.25, 0.3) is 0 Å². The number of anilines is 2. The standard InChI is InChI=1S/C45H28N4.C45H26N4.C43H23N5/c1-2-11-28-25-41-35(24-27(28)10-1)37-26-36-32-13-4-7-17-39(32)49-40-18-8-5-14-34(40)42(44(36)49)43(37)47(41)29-19-21-30(22-20-29)48-38-16-6-3-12-31(38)33-15-9-23-46-45(33)48;1-2-10-28-24-41-35(23-27(28)9-1)37-25-36-32-12-4-7-15-39(32)49-40-16-8-5-13-34(40)43(45(36)49)44(37)48(41)30-19-17-29(18-20-30)47-38-14-6-3-11-31(38)33-21-22-46-26-42(33)47;1-44-28-20-18-25(19-21-28)40-30-13-4-7-15-35(30)45-43(46-40)48-38-23-27-11-3-2-10-26(27)22-32(38)34-24-33-29-12-5-8-16-36(29)47-37-17-9-6-14-31(37)39(41(33)47)42(34)48/h1-26,31,38H;1-26H;2-24H. The number of fused-ring (bicyclic) bond motifs is 40. The minimum Gasteiger partial charge on any atom is -0.318 e. The molecule has 20 aromatic carbocycles. The summed E-state index contributed by atoms with van der Waals surface area (Å²) >= 11 is 0. The fourth-order valence-electron chi connectivity index (χ4n) is 25.9. The highest BCUT2D eigenvalue weighted by molar-refractivity contribution is 6.39. The van der Waals surface area contributed by atoms with Crippen molar-refractivity contribution >= 4 is 262 Å². The SMILES string of the molecule is C1=CC2c3cccnc3N(c3ccc(-n4c5cc6ccccc6cc5c5cc6c7ccccc7n7c8ccccc8c(c54)c67)cc3)C2C=C1.[C-]#[N+]c1ccc(-c2nc(-n3c4cc5ccccc5cc4c4cc5c6ccccc6n6c7ccccc7c(c43)c56)nc3ccccc23)cc1.c1ccc2cc3c(cc2c1)c1cc2c4ccccc4n4c5ccccc5c(c1n3-c1ccc(-n3c5ccccc5c5ccncc53)cc1)c24. The average Bonchev–Trinajstić information content (AvgIpc) is 1.52. The Labute approximate surface area is 831 Å². The predicted molar refractivity (Wildman–Crippen MR) is 607 cm³/mol. The second-order valence-corrected chi connectivity index (χ2v) is 39.3. The van der Waals surface area contributed by atoms with E-state index in [1.165, 1.54) is 223 Å². The van der Waals surface area contributed by atoms with Crippen LogP contribution in [-0.4, -0.2) is 57.4 Å². The van der Waals surface area contributed by atoms with Gasteiger partial charge in [-0.15, -0.1) is 0 Å². The Hall–Kier alpha value is -19.8. The Kier molecular flexibility index (Phi) is 16.0. The van der Waals surface area contributed by atoms with Crippen molar-refractivity contribution in [3.8, 4) is 34.3 Å². The van der Waals surface area contributed by atoms with Crippen LogP contribution in [0.2, 0.25) is 0 Å². The van der Waals surface area contributed by atoms with Crippen LogP contribution in [0.1, 0.15) is 11.5 Å². The van der Waals surface area contributed by atoms with Crippen LogP contribution in [0.15, 0.2) is 455 Å². The van der Waals surface area contributed by atoms with Crippen LogP contribution >= 0.6 is 0 Å². The van der Waals surface area contributed by atoms with Crippen molar-refractivity contribution in [1.82, 2.24) is 51.4 Å². The van der Waals surface area contributed by atoms with Gasteiger partial charge in [-0.25, -0.2) is 19.8 Å². The number of nitrogens with zero attached hydrogens (tertiary/aromatic N) is 13. The van der Waals surface area contributed by atoms with Crippen LogP contribution in [0.5, 0.6) is 0 Å². The first-order valence-corrected chi connectivity index (χ1v) is 49.9. The van der Waals surface area contributed by atoms with Gasteiger partial charge in [0.2, 0.25) is 5.95 Å². The maximum absolute atomic E-state index is 7.47. The molecule has 35 rings (SSSR count). The zero-order valence-corrected chi connectivity index (χ0v) is 78.3. The molecule has 146 heavy (non-hydrogen) atoms. The number of rotatable bonds is 6. The third-order valence-electron chi connectivity index (χ3n) is 32.0. The van der Waals surface area contributed by atoms with E-state index in [2.05, 4.69) is 447 Å². The summed E-state index contributed by atoms with van der Waals surface area (Å²) in [7, 11) is 0. The van der Waals surface area contributed by atoms with Crippen molar-refractivity contribution in [3.05, 3.63) is 472 Å². The smallest absolute Gasteiger partial charge is 0.235 e. The van der Waals surface area contributed by atoms with Crippen molar-refractivity contribution in [2.45, 2.75) is 12.0 Å². The van der Waals surface area contributed by atoms with Crippen LogP contribution in [0.25, 0.3) is 284 Å². The number of allylic oxidation sites excluding steroid dienone is 2. The molecule has 0 bridgehead atoms. The minimum atomic E-state index is 0.216. The van der Waals surface area contributed by atoms with E-state index < -0.39 is 0 Å². The summed E-state index contributed by atoms with van der Waals surface area (Å²) < 4.78 is 17.0. The molecule has 0 saturated heterocycles. The van der Waals surface area contributed by atoms with Gasteiger partial charge in [0, 0.05) is 160 Å². The molecule has 0 amide bonds. The number of pyridine rings is 2. The predicted octanol–water partition coefficient (Wildman–Crippen LogP) is 34.0. The Bertz CT molecular complexity index is 11600. The van der Waals surface area contributed by atoms with Gasteiger partial charge in [-0.05, 0) is 202 Å². The number of hydrogen-bond donors (Lipinski definition) is 0. The lowest BCUT2D eigenvalue weighted by atomic mass is 9.92. The highest BCUT2D eigenvalue weighted by Gasteiger charge is 2.39. The second-order valence-electron chi connectivity index (χ2n) is 39.3. The van der Waals surface area contributed by atoms with Crippen LogP contribution in [0.4, 0.5) is 17.2 Å². The summed E-state index contributed by atoms with van der Waals surface area (Å²) in [5.74, 6) is 1.97. The Morgan fingerprint density at radius 1 is 0.253 bits per heavy atom. The molecule has 2 unspecified atom stereocenters. The van der Waals surface area contributed by atoms with Gasteiger partial charge < -0.3 is 31.8 Å². The Morgan fingerprint density at radius 2 is 0.623 bits per heavy atom. The molecular formula is C133H77N13. The van der Waals surface area contributed by atoms with Crippen LogP contribution in [-0.2, 0) is 0 Å². The lowest BCUT2D eigenvalue weighted by Crippen LogP contribution is -2.28. The number of hydrogen-bond acceptors (Lipinski definition) is 5. The molecule has 1 aliphatic carbocycles. The molecule has 0 N–H and O–H groups in total. The van der Waals surface area contributed by atoms with E-state index >= 15 is 0 Å². The molecule has 674 valence electrons. The first kappa shape index (κ1) is 79.0. The molecule has 13 heteroatoms. The first-order chi connectivity index (χ1) is 72.4. The third kappa shape index (κ3) is 10.8. The van der Waals surface area contributed by atoms with E-state index in [9.17, 15) is 0 Å². The molecule has 14 heterocycles. The summed E-state index contributed by atoms with van der Waals surface area (Å²) in [5.41, 5.74) is 29.7. The van der Waals surface area contributed by atoms with Gasteiger partial charge in [-0.1, -0.05) is 273 Å². The van der Waals surface area contributed by atoms with Gasteiger partial charge in [0.1, 0.15) is 5.82 Å². The topological polar surface area (TPSA) is 92.1 Å². The van der Waals surface area contributed by atoms with E-state index in [-0.39, 0.29) is 6.04 Å². The van der Waals surface area contributed by atoms with Gasteiger partial charge in [0.05, 0.1) is 124 Å².